The number of carbonyl (C=O) groups excluding carboxylic acids is 1. The maximum atomic E-state index is 9.69. The Bertz CT molecular complexity index is 134. The first-order valence-electron chi connectivity index (χ1n) is 3.10. The predicted octanol–water partition coefficient (Wildman–Crippen LogP) is 1.91. The third kappa shape index (κ3) is 7.01. The van der Waals surface area contributed by atoms with Gasteiger partial charge in [-0.1, -0.05) is 11.6 Å². The highest BCUT2D eigenvalue weighted by Gasteiger charge is 1.95. The summed E-state index contributed by atoms with van der Waals surface area (Å²) >= 11 is 0. The second-order valence-electron chi connectivity index (χ2n) is 2.17. The summed E-state index contributed by atoms with van der Waals surface area (Å²) in [6, 6.07) is 0. The van der Waals surface area contributed by atoms with Crippen LogP contribution in [-0.2, 0) is 9.84 Å². The summed E-state index contributed by atoms with van der Waals surface area (Å²) < 4.78 is 4.15. The zero-order chi connectivity index (χ0) is 7.98. The molecule has 0 aliphatic heterocycles. The monoisotopic (exact) mass is 143 g/mol. The molecule has 1 radical (unpaired) electrons. The van der Waals surface area contributed by atoms with Crippen molar-refractivity contribution in [3.8, 4) is 0 Å². The zero-order valence-corrected chi connectivity index (χ0v) is 6.22. The van der Waals surface area contributed by atoms with Crippen LogP contribution in [0.3, 0.4) is 0 Å². The van der Waals surface area contributed by atoms with Crippen molar-refractivity contribution in [2.24, 2.45) is 0 Å². The molecule has 0 N–H and O–H groups in total. The second kappa shape index (κ2) is 4.85. The molecule has 3 nitrogen and oxygen atoms in total. The standard InChI is InChI=1S/C7H11O3/c1-6(2)4-3-5-10-7(8)9/h4H,3,5H2,1-2H3. The zero-order valence-electron chi connectivity index (χ0n) is 6.22. The molecule has 0 aromatic rings. The minimum Gasteiger partial charge on any atom is -0.431 e. The number of rotatable bonds is 3. The minimum atomic E-state index is -1.46. The van der Waals surface area contributed by atoms with Crippen molar-refractivity contribution in [3.05, 3.63) is 11.6 Å². The predicted molar refractivity (Wildman–Crippen MR) is 36.1 cm³/mol. The molecule has 0 saturated heterocycles. The van der Waals surface area contributed by atoms with E-state index in [9.17, 15) is 9.90 Å². The van der Waals surface area contributed by atoms with Crippen LogP contribution >= 0.6 is 0 Å². The van der Waals surface area contributed by atoms with Crippen LogP contribution in [0.4, 0.5) is 4.79 Å². The maximum absolute atomic E-state index is 9.69. The molecule has 3 heteroatoms. The average molecular weight is 143 g/mol. The summed E-state index contributed by atoms with van der Waals surface area (Å²) in [7, 11) is 0. The lowest BCUT2D eigenvalue weighted by molar-refractivity contribution is 0.0692. The van der Waals surface area contributed by atoms with E-state index in [0.717, 1.165) is 5.57 Å². The number of ether oxygens (including phenoxy) is 1. The Morgan fingerprint density at radius 2 is 2.10 bits per heavy atom. The normalized spacial score (nSPS) is 8.60. The van der Waals surface area contributed by atoms with E-state index in [1.807, 2.05) is 19.9 Å². The highest BCUT2D eigenvalue weighted by Crippen LogP contribution is 1.92. The van der Waals surface area contributed by atoms with Gasteiger partial charge < -0.3 is 4.74 Å². The molecule has 0 aromatic carbocycles. The molecule has 0 unspecified atom stereocenters. The molecule has 10 heavy (non-hydrogen) atoms. The Morgan fingerprint density at radius 3 is 2.50 bits per heavy atom. The molecule has 0 aromatic heterocycles. The van der Waals surface area contributed by atoms with E-state index in [0.29, 0.717) is 6.42 Å². The molecule has 0 atom stereocenters. The summed E-state index contributed by atoms with van der Waals surface area (Å²) in [4.78, 5) is 9.69. The van der Waals surface area contributed by atoms with Gasteiger partial charge in [0.05, 0.1) is 6.61 Å². The van der Waals surface area contributed by atoms with Gasteiger partial charge in [0.2, 0.25) is 0 Å². The largest absolute Gasteiger partial charge is 0.550 e. The molecule has 0 amide bonds. The first kappa shape index (κ1) is 9.01. The highest BCUT2D eigenvalue weighted by molar-refractivity contribution is 5.56. The van der Waals surface area contributed by atoms with E-state index in [1.165, 1.54) is 0 Å². The quantitative estimate of drug-likeness (QED) is 0.344. The third-order valence-electron chi connectivity index (χ3n) is 0.890. The molecule has 57 valence electrons. The van der Waals surface area contributed by atoms with Gasteiger partial charge in [-0.3, -0.25) is 0 Å². The fraction of sp³-hybridized carbons (Fsp3) is 0.571. The Morgan fingerprint density at radius 1 is 1.50 bits per heavy atom. The van der Waals surface area contributed by atoms with E-state index in [1.54, 1.807) is 0 Å². The van der Waals surface area contributed by atoms with Crippen molar-refractivity contribution in [1.82, 2.24) is 0 Å². The summed E-state index contributed by atoms with van der Waals surface area (Å²) in [6.45, 7) is 4.07. The van der Waals surface area contributed by atoms with Crippen LogP contribution in [-0.4, -0.2) is 12.8 Å². The molecule has 0 spiro atoms. The van der Waals surface area contributed by atoms with Crippen molar-refractivity contribution >= 4 is 6.16 Å². The molecule has 0 rings (SSSR count). The fourth-order valence-electron chi connectivity index (χ4n) is 0.490. The molecule has 0 saturated carbocycles. The van der Waals surface area contributed by atoms with Gasteiger partial charge in [-0.05, 0) is 20.3 Å². The van der Waals surface area contributed by atoms with Gasteiger partial charge in [0.1, 0.15) is 0 Å². The molecule has 0 bridgehead atoms. The number of allylic oxidation sites excluding steroid dienone is 1. The van der Waals surface area contributed by atoms with Crippen LogP contribution in [0, 0.1) is 0 Å². The molecule has 0 fully saturated rings. The Labute approximate surface area is 60.3 Å². The Hall–Kier alpha value is -0.990. The number of hydrogen-bond acceptors (Lipinski definition) is 2. The van der Waals surface area contributed by atoms with Crippen molar-refractivity contribution in [2.75, 3.05) is 6.61 Å². The van der Waals surface area contributed by atoms with Crippen molar-refractivity contribution in [1.29, 1.82) is 0 Å². The molecular weight excluding hydrogens is 132 g/mol. The van der Waals surface area contributed by atoms with Crippen LogP contribution in [0.15, 0.2) is 11.6 Å². The maximum Gasteiger partial charge on any atom is 0.550 e. The number of carbonyl (C=O) groups is 1. The molecule has 0 aliphatic rings. The van der Waals surface area contributed by atoms with Crippen LogP contribution in [0.2, 0.25) is 0 Å². The lowest BCUT2D eigenvalue weighted by Crippen LogP contribution is -1.98. The van der Waals surface area contributed by atoms with Crippen molar-refractivity contribution < 1.29 is 14.6 Å². The van der Waals surface area contributed by atoms with Crippen LogP contribution < -0.4 is 0 Å². The lowest BCUT2D eigenvalue weighted by atomic mass is 10.3. The van der Waals surface area contributed by atoms with Gasteiger partial charge in [-0.25, -0.2) is 0 Å². The molecule has 0 aliphatic carbocycles. The molecular formula is C7H11O3. The van der Waals surface area contributed by atoms with Gasteiger partial charge in [0.15, 0.2) is 0 Å². The Balaban J connectivity index is 3.21. The van der Waals surface area contributed by atoms with E-state index >= 15 is 0 Å². The average Bonchev–Trinajstić information content (AvgIpc) is 1.79. The van der Waals surface area contributed by atoms with E-state index in [4.69, 9.17) is 0 Å². The molecule has 0 heterocycles. The fourth-order valence-corrected chi connectivity index (χ4v) is 0.490. The second-order valence-corrected chi connectivity index (χ2v) is 2.17. The van der Waals surface area contributed by atoms with Gasteiger partial charge >= 0.3 is 6.16 Å². The van der Waals surface area contributed by atoms with E-state index < -0.39 is 6.16 Å². The van der Waals surface area contributed by atoms with Gasteiger partial charge in [0.25, 0.3) is 0 Å². The SMILES string of the molecule is CC(C)=CCCOC([O])=O. The summed E-state index contributed by atoms with van der Waals surface area (Å²) in [5.74, 6) is 0. The highest BCUT2D eigenvalue weighted by atomic mass is 16.7. The Kier molecular flexibility index (Phi) is 4.37. The lowest BCUT2D eigenvalue weighted by Gasteiger charge is -1.93. The smallest absolute Gasteiger partial charge is 0.431 e. The van der Waals surface area contributed by atoms with Crippen molar-refractivity contribution in [2.45, 2.75) is 20.3 Å². The van der Waals surface area contributed by atoms with E-state index in [2.05, 4.69) is 4.74 Å². The van der Waals surface area contributed by atoms with Crippen molar-refractivity contribution in [3.63, 3.8) is 0 Å². The third-order valence-corrected chi connectivity index (χ3v) is 0.890. The van der Waals surface area contributed by atoms with Crippen LogP contribution in [0.1, 0.15) is 20.3 Å². The van der Waals surface area contributed by atoms with Gasteiger partial charge in [0, 0.05) is 0 Å². The minimum absolute atomic E-state index is 0.188. The summed E-state index contributed by atoms with van der Waals surface area (Å²) in [5.41, 5.74) is 1.15. The van der Waals surface area contributed by atoms with E-state index in [-0.39, 0.29) is 6.61 Å². The first-order valence-corrected chi connectivity index (χ1v) is 3.10. The summed E-state index contributed by atoms with van der Waals surface area (Å²) in [6.07, 6.45) is 1.07. The topological polar surface area (TPSA) is 46.2 Å². The van der Waals surface area contributed by atoms with Crippen LogP contribution in [0.5, 0.6) is 0 Å². The number of hydrogen-bond donors (Lipinski definition) is 0. The first-order chi connectivity index (χ1) is 4.63. The van der Waals surface area contributed by atoms with Gasteiger partial charge in [-0.15, -0.1) is 0 Å². The van der Waals surface area contributed by atoms with Crippen LogP contribution in [0.25, 0.3) is 0 Å². The van der Waals surface area contributed by atoms with Gasteiger partial charge in [-0.2, -0.15) is 9.90 Å². The summed E-state index contributed by atoms with van der Waals surface area (Å²) in [5, 5.41) is 9.69.